The average molecular weight is 285 g/mol. The Kier molecular flexibility index (Phi) is 3.43. The van der Waals surface area contributed by atoms with E-state index in [1.807, 2.05) is 24.4 Å². The van der Waals surface area contributed by atoms with E-state index in [4.69, 9.17) is 5.11 Å². The number of hydrogen-bond donors (Lipinski definition) is 2. The summed E-state index contributed by atoms with van der Waals surface area (Å²) in [7, 11) is 0. The highest BCUT2D eigenvalue weighted by Crippen LogP contribution is 2.35. The molecule has 3 rings (SSSR count). The largest absolute Gasteiger partial charge is 0.481 e. The SMILES string of the molecule is O=C(O)C1CCC1C(=O)Nc1cccc(-n2cccn2)c1. The van der Waals surface area contributed by atoms with Crippen LogP contribution in [0.15, 0.2) is 42.7 Å². The van der Waals surface area contributed by atoms with Crippen molar-refractivity contribution >= 4 is 17.6 Å². The Morgan fingerprint density at radius 2 is 2.05 bits per heavy atom. The Bertz CT molecular complexity index is 667. The lowest BCUT2D eigenvalue weighted by atomic mass is 9.73. The first kappa shape index (κ1) is 13.4. The Morgan fingerprint density at radius 1 is 1.24 bits per heavy atom. The second kappa shape index (κ2) is 5.40. The highest BCUT2D eigenvalue weighted by atomic mass is 16.4. The van der Waals surface area contributed by atoms with Gasteiger partial charge in [0, 0.05) is 18.1 Å². The summed E-state index contributed by atoms with van der Waals surface area (Å²) in [5.74, 6) is -2.12. The molecule has 1 fully saturated rings. The average Bonchev–Trinajstić information content (AvgIpc) is 2.90. The van der Waals surface area contributed by atoms with Gasteiger partial charge in [-0.15, -0.1) is 0 Å². The Morgan fingerprint density at radius 3 is 2.67 bits per heavy atom. The fraction of sp³-hybridized carbons (Fsp3) is 0.267. The molecule has 1 aliphatic carbocycles. The molecular formula is C15H15N3O3. The molecule has 108 valence electrons. The normalized spacial score (nSPS) is 20.6. The van der Waals surface area contributed by atoms with Crippen molar-refractivity contribution in [2.45, 2.75) is 12.8 Å². The molecule has 1 aliphatic rings. The molecule has 1 aromatic heterocycles. The van der Waals surface area contributed by atoms with E-state index in [1.54, 1.807) is 23.0 Å². The monoisotopic (exact) mass is 285 g/mol. The maximum Gasteiger partial charge on any atom is 0.307 e. The number of rotatable bonds is 4. The minimum absolute atomic E-state index is 0.230. The second-order valence-electron chi connectivity index (χ2n) is 5.12. The van der Waals surface area contributed by atoms with E-state index in [0.717, 1.165) is 5.69 Å². The van der Waals surface area contributed by atoms with Gasteiger partial charge < -0.3 is 10.4 Å². The van der Waals surface area contributed by atoms with Gasteiger partial charge in [-0.25, -0.2) is 4.68 Å². The Hall–Kier alpha value is -2.63. The first-order chi connectivity index (χ1) is 10.1. The van der Waals surface area contributed by atoms with Crippen molar-refractivity contribution < 1.29 is 14.7 Å². The van der Waals surface area contributed by atoms with Gasteiger partial charge in [0.15, 0.2) is 0 Å². The smallest absolute Gasteiger partial charge is 0.307 e. The van der Waals surface area contributed by atoms with Crippen LogP contribution in [-0.4, -0.2) is 26.8 Å². The molecule has 21 heavy (non-hydrogen) atoms. The lowest BCUT2D eigenvalue weighted by Crippen LogP contribution is -2.41. The van der Waals surface area contributed by atoms with Crippen LogP contribution in [0.5, 0.6) is 0 Å². The van der Waals surface area contributed by atoms with Crippen LogP contribution in [0.4, 0.5) is 5.69 Å². The minimum Gasteiger partial charge on any atom is -0.481 e. The zero-order valence-corrected chi connectivity index (χ0v) is 11.3. The van der Waals surface area contributed by atoms with Gasteiger partial charge in [-0.05, 0) is 37.1 Å². The Labute approximate surface area is 121 Å². The molecule has 1 amide bonds. The van der Waals surface area contributed by atoms with Crippen LogP contribution in [0.1, 0.15) is 12.8 Å². The molecule has 1 saturated carbocycles. The van der Waals surface area contributed by atoms with Crippen molar-refractivity contribution in [1.82, 2.24) is 9.78 Å². The van der Waals surface area contributed by atoms with Crippen molar-refractivity contribution in [3.05, 3.63) is 42.7 Å². The van der Waals surface area contributed by atoms with E-state index >= 15 is 0 Å². The quantitative estimate of drug-likeness (QED) is 0.899. The first-order valence-corrected chi connectivity index (χ1v) is 6.79. The van der Waals surface area contributed by atoms with Crippen LogP contribution < -0.4 is 5.32 Å². The summed E-state index contributed by atoms with van der Waals surface area (Å²) in [5, 5.41) is 15.9. The Balaban J connectivity index is 1.72. The van der Waals surface area contributed by atoms with E-state index in [0.29, 0.717) is 18.5 Å². The number of hydrogen-bond acceptors (Lipinski definition) is 3. The maximum atomic E-state index is 12.1. The van der Waals surface area contributed by atoms with Gasteiger partial charge in [-0.2, -0.15) is 5.10 Å². The molecule has 2 N–H and O–H groups in total. The standard InChI is InChI=1S/C15H15N3O3/c19-14(12-5-6-13(12)15(20)21)17-10-3-1-4-11(9-10)18-8-2-7-16-18/h1-4,7-9,12-13H,5-6H2,(H,17,19)(H,20,21). The number of aromatic nitrogens is 2. The number of benzene rings is 1. The van der Waals surface area contributed by atoms with Crippen molar-refractivity contribution in [3.63, 3.8) is 0 Å². The number of aliphatic carboxylic acids is 1. The molecule has 2 aromatic rings. The highest BCUT2D eigenvalue weighted by molar-refractivity contribution is 5.96. The lowest BCUT2D eigenvalue weighted by molar-refractivity contribution is -0.151. The molecule has 0 radical (unpaired) electrons. The fourth-order valence-electron chi connectivity index (χ4n) is 2.49. The summed E-state index contributed by atoms with van der Waals surface area (Å²) in [6.07, 6.45) is 4.69. The van der Waals surface area contributed by atoms with Crippen molar-refractivity contribution in [2.24, 2.45) is 11.8 Å². The van der Waals surface area contributed by atoms with Gasteiger partial charge in [0.2, 0.25) is 5.91 Å². The third-order valence-corrected chi connectivity index (χ3v) is 3.81. The number of carbonyl (C=O) groups excluding carboxylic acids is 1. The molecule has 0 saturated heterocycles. The van der Waals surface area contributed by atoms with Crippen LogP contribution in [-0.2, 0) is 9.59 Å². The van der Waals surface area contributed by atoms with Crippen molar-refractivity contribution in [2.75, 3.05) is 5.32 Å². The topological polar surface area (TPSA) is 84.2 Å². The van der Waals surface area contributed by atoms with Crippen molar-refractivity contribution in [3.8, 4) is 5.69 Å². The number of nitrogens with one attached hydrogen (secondary N) is 1. The third-order valence-electron chi connectivity index (χ3n) is 3.81. The number of carboxylic acid groups (broad SMARTS) is 1. The van der Waals surface area contributed by atoms with Crippen LogP contribution in [0.25, 0.3) is 5.69 Å². The summed E-state index contributed by atoms with van der Waals surface area (Å²) >= 11 is 0. The number of nitrogens with zero attached hydrogens (tertiary/aromatic N) is 2. The molecule has 1 aromatic carbocycles. The second-order valence-corrected chi connectivity index (χ2v) is 5.12. The van der Waals surface area contributed by atoms with Crippen LogP contribution in [0.2, 0.25) is 0 Å². The molecule has 2 unspecified atom stereocenters. The van der Waals surface area contributed by atoms with Crippen LogP contribution in [0.3, 0.4) is 0 Å². The molecule has 0 spiro atoms. The molecule has 2 atom stereocenters. The van der Waals surface area contributed by atoms with E-state index in [2.05, 4.69) is 10.4 Å². The van der Waals surface area contributed by atoms with Gasteiger partial charge in [0.05, 0.1) is 17.5 Å². The maximum absolute atomic E-state index is 12.1. The molecular weight excluding hydrogens is 270 g/mol. The van der Waals surface area contributed by atoms with Gasteiger partial charge in [0.25, 0.3) is 0 Å². The number of amides is 1. The summed E-state index contributed by atoms with van der Waals surface area (Å²) in [5.41, 5.74) is 1.48. The first-order valence-electron chi connectivity index (χ1n) is 6.79. The summed E-state index contributed by atoms with van der Waals surface area (Å²) in [4.78, 5) is 23.1. The zero-order chi connectivity index (χ0) is 14.8. The van der Waals surface area contributed by atoms with Crippen LogP contribution >= 0.6 is 0 Å². The minimum atomic E-state index is -0.897. The molecule has 6 nitrogen and oxygen atoms in total. The molecule has 6 heteroatoms. The molecule has 0 aliphatic heterocycles. The van der Waals surface area contributed by atoms with Gasteiger partial charge in [-0.3, -0.25) is 9.59 Å². The third kappa shape index (κ3) is 2.65. The zero-order valence-electron chi connectivity index (χ0n) is 11.3. The van der Waals surface area contributed by atoms with E-state index in [1.165, 1.54) is 0 Å². The van der Waals surface area contributed by atoms with Gasteiger partial charge in [0.1, 0.15) is 0 Å². The highest BCUT2D eigenvalue weighted by Gasteiger charge is 2.41. The van der Waals surface area contributed by atoms with E-state index in [-0.39, 0.29) is 5.91 Å². The van der Waals surface area contributed by atoms with E-state index < -0.39 is 17.8 Å². The molecule has 0 bridgehead atoms. The number of anilines is 1. The predicted octanol–water partition coefficient (Wildman–Crippen LogP) is 1.92. The van der Waals surface area contributed by atoms with Gasteiger partial charge in [-0.1, -0.05) is 6.07 Å². The van der Waals surface area contributed by atoms with E-state index in [9.17, 15) is 9.59 Å². The van der Waals surface area contributed by atoms with Crippen molar-refractivity contribution in [1.29, 1.82) is 0 Å². The lowest BCUT2D eigenvalue weighted by Gasteiger charge is -2.31. The fourth-order valence-corrected chi connectivity index (χ4v) is 2.49. The summed E-state index contributed by atoms with van der Waals surface area (Å²) in [6.45, 7) is 0. The number of carboxylic acids is 1. The summed E-state index contributed by atoms with van der Waals surface area (Å²) < 4.78 is 1.69. The van der Waals surface area contributed by atoms with Crippen LogP contribution in [0, 0.1) is 11.8 Å². The predicted molar refractivity (Wildman–Crippen MR) is 76.0 cm³/mol. The molecule has 1 heterocycles. The number of carbonyl (C=O) groups is 2. The summed E-state index contributed by atoms with van der Waals surface area (Å²) in [6, 6.07) is 9.10. The van der Waals surface area contributed by atoms with Gasteiger partial charge >= 0.3 is 5.97 Å².